The molecule has 1 aromatic carbocycles. The third-order valence-corrected chi connectivity index (χ3v) is 3.26. The zero-order valence-electron chi connectivity index (χ0n) is 12.0. The molecule has 0 radical (unpaired) electrons. The minimum Gasteiger partial charge on any atom is -0.486 e. The molecule has 0 amide bonds. The molecule has 0 bridgehead atoms. The van der Waals surface area contributed by atoms with Gasteiger partial charge in [0.1, 0.15) is 25.0 Å². The van der Waals surface area contributed by atoms with Crippen molar-refractivity contribution in [2.45, 2.75) is 0 Å². The fraction of sp³-hybridized carbons (Fsp3) is 0.118. The van der Waals surface area contributed by atoms with E-state index in [0.717, 1.165) is 5.56 Å². The first-order chi connectivity index (χ1) is 11.2. The number of carbonyl (C=O) groups is 1. The van der Waals surface area contributed by atoms with Crippen LogP contribution in [0.5, 0.6) is 11.5 Å². The summed E-state index contributed by atoms with van der Waals surface area (Å²) in [7, 11) is 0. The van der Waals surface area contributed by atoms with E-state index >= 15 is 0 Å². The molecule has 1 aliphatic heterocycles. The number of aromatic carboxylic acids is 1. The first kappa shape index (κ1) is 14.6. The van der Waals surface area contributed by atoms with Crippen molar-refractivity contribution in [1.82, 2.24) is 4.98 Å². The summed E-state index contributed by atoms with van der Waals surface area (Å²) < 4.78 is 11.0. The molecule has 114 valence electrons. The maximum atomic E-state index is 11.0. The van der Waals surface area contributed by atoms with Gasteiger partial charge in [0.05, 0.1) is 11.3 Å². The Morgan fingerprint density at radius 3 is 2.70 bits per heavy atom. The topological polar surface area (TPSA) is 92.4 Å². The van der Waals surface area contributed by atoms with Gasteiger partial charge in [0, 0.05) is 0 Å². The number of carboxylic acids is 1. The molecular weight excluding hydrogens is 296 g/mol. The van der Waals surface area contributed by atoms with Crippen molar-refractivity contribution in [3.8, 4) is 17.6 Å². The number of pyridine rings is 1. The second-order valence-electron chi connectivity index (χ2n) is 4.78. The molecule has 6 heteroatoms. The molecule has 0 aliphatic carbocycles. The van der Waals surface area contributed by atoms with E-state index in [4.69, 9.17) is 19.8 Å². The molecule has 2 aromatic rings. The van der Waals surface area contributed by atoms with E-state index in [-0.39, 0.29) is 5.69 Å². The lowest BCUT2D eigenvalue weighted by atomic mass is 10.1. The SMILES string of the molecule is N#Cc1ccc(C(=O)O)nc1C=Cc1ccc2c(c1)OCCO2. The van der Waals surface area contributed by atoms with Gasteiger partial charge in [-0.1, -0.05) is 12.1 Å². The highest BCUT2D eigenvalue weighted by atomic mass is 16.6. The number of nitrogens with zero attached hydrogens (tertiary/aromatic N) is 2. The van der Waals surface area contributed by atoms with Crippen molar-refractivity contribution >= 4 is 18.1 Å². The number of rotatable bonds is 3. The Hall–Kier alpha value is -3.33. The number of ether oxygens (including phenoxy) is 2. The lowest BCUT2D eigenvalue weighted by molar-refractivity contribution is 0.0690. The number of fused-ring (bicyclic) bond motifs is 1. The third-order valence-electron chi connectivity index (χ3n) is 3.26. The molecule has 1 aliphatic rings. The van der Waals surface area contributed by atoms with Gasteiger partial charge in [-0.15, -0.1) is 0 Å². The van der Waals surface area contributed by atoms with Crippen LogP contribution in [0.1, 0.15) is 27.3 Å². The first-order valence-corrected chi connectivity index (χ1v) is 6.89. The second kappa shape index (κ2) is 6.20. The van der Waals surface area contributed by atoms with Crippen molar-refractivity contribution in [3.05, 3.63) is 52.8 Å². The fourth-order valence-corrected chi connectivity index (χ4v) is 2.15. The maximum absolute atomic E-state index is 11.0. The van der Waals surface area contributed by atoms with Gasteiger partial charge < -0.3 is 14.6 Å². The Labute approximate surface area is 132 Å². The van der Waals surface area contributed by atoms with E-state index in [2.05, 4.69) is 4.98 Å². The van der Waals surface area contributed by atoms with Crippen LogP contribution in [0.25, 0.3) is 12.2 Å². The average molecular weight is 308 g/mol. The van der Waals surface area contributed by atoms with Crippen LogP contribution in [0.4, 0.5) is 0 Å². The Balaban J connectivity index is 1.92. The van der Waals surface area contributed by atoms with Crippen LogP contribution in [0, 0.1) is 11.3 Å². The Morgan fingerprint density at radius 2 is 1.96 bits per heavy atom. The van der Waals surface area contributed by atoms with Crippen molar-refractivity contribution in [3.63, 3.8) is 0 Å². The fourth-order valence-electron chi connectivity index (χ4n) is 2.15. The largest absolute Gasteiger partial charge is 0.486 e. The highest BCUT2D eigenvalue weighted by Crippen LogP contribution is 2.31. The van der Waals surface area contributed by atoms with Gasteiger partial charge in [-0.05, 0) is 35.9 Å². The summed E-state index contributed by atoms with van der Waals surface area (Å²) in [4.78, 5) is 15.0. The van der Waals surface area contributed by atoms with Gasteiger partial charge in [-0.25, -0.2) is 9.78 Å². The Morgan fingerprint density at radius 1 is 1.17 bits per heavy atom. The molecule has 2 heterocycles. The summed E-state index contributed by atoms with van der Waals surface area (Å²) in [5, 5.41) is 18.1. The van der Waals surface area contributed by atoms with Crippen molar-refractivity contribution in [2.75, 3.05) is 13.2 Å². The molecular formula is C17H12N2O4. The predicted molar refractivity (Wildman–Crippen MR) is 82.3 cm³/mol. The molecule has 1 aromatic heterocycles. The highest BCUT2D eigenvalue weighted by molar-refractivity contribution is 5.86. The molecule has 0 saturated heterocycles. The van der Waals surface area contributed by atoms with Crippen LogP contribution in [0.2, 0.25) is 0 Å². The number of carboxylic acid groups (broad SMARTS) is 1. The van der Waals surface area contributed by atoms with Crippen LogP contribution < -0.4 is 9.47 Å². The summed E-state index contributed by atoms with van der Waals surface area (Å²) in [6, 6.07) is 10.2. The van der Waals surface area contributed by atoms with Gasteiger partial charge in [0.15, 0.2) is 11.5 Å². The second-order valence-corrected chi connectivity index (χ2v) is 4.78. The zero-order chi connectivity index (χ0) is 16.2. The summed E-state index contributed by atoms with van der Waals surface area (Å²) in [5.41, 5.74) is 1.34. The number of benzene rings is 1. The standard InChI is InChI=1S/C17H12N2O4/c18-10-12-3-5-14(17(20)21)19-13(12)4-1-11-2-6-15-16(9-11)23-8-7-22-15/h1-6,9H,7-8H2,(H,20,21). The number of hydrogen-bond donors (Lipinski definition) is 1. The molecule has 0 fully saturated rings. The van der Waals surface area contributed by atoms with E-state index in [1.807, 2.05) is 18.2 Å². The average Bonchev–Trinajstić information content (AvgIpc) is 2.59. The molecule has 0 saturated carbocycles. The molecule has 0 atom stereocenters. The lowest BCUT2D eigenvalue weighted by Crippen LogP contribution is -2.15. The summed E-state index contributed by atoms with van der Waals surface area (Å²) in [6.45, 7) is 1.03. The quantitative estimate of drug-likeness (QED) is 0.937. The van der Waals surface area contributed by atoms with Crippen molar-refractivity contribution in [1.29, 1.82) is 5.26 Å². The third kappa shape index (κ3) is 3.14. The van der Waals surface area contributed by atoms with Crippen LogP contribution in [0.3, 0.4) is 0 Å². The first-order valence-electron chi connectivity index (χ1n) is 6.89. The summed E-state index contributed by atoms with van der Waals surface area (Å²) in [6.07, 6.45) is 3.35. The monoisotopic (exact) mass is 308 g/mol. The minimum atomic E-state index is -1.14. The van der Waals surface area contributed by atoms with E-state index in [1.165, 1.54) is 12.1 Å². The Bertz CT molecular complexity index is 837. The maximum Gasteiger partial charge on any atom is 0.354 e. The van der Waals surface area contributed by atoms with Crippen molar-refractivity contribution < 1.29 is 19.4 Å². The van der Waals surface area contributed by atoms with Gasteiger partial charge >= 0.3 is 5.97 Å². The molecule has 0 unspecified atom stereocenters. The van der Waals surface area contributed by atoms with Crippen LogP contribution >= 0.6 is 0 Å². The van der Waals surface area contributed by atoms with E-state index in [9.17, 15) is 4.79 Å². The highest BCUT2D eigenvalue weighted by Gasteiger charge is 2.11. The van der Waals surface area contributed by atoms with Crippen LogP contribution in [0.15, 0.2) is 30.3 Å². The van der Waals surface area contributed by atoms with Gasteiger partial charge in [0.2, 0.25) is 0 Å². The molecule has 3 rings (SSSR count). The zero-order valence-corrected chi connectivity index (χ0v) is 12.0. The smallest absolute Gasteiger partial charge is 0.354 e. The van der Waals surface area contributed by atoms with E-state index in [1.54, 1.807) is 18.2 Å². The van der Waals surface area contributed by atoms with Crippen LogP contribution in [-0.2, 0) is 0 Å². The number of hydrogen-bond acceptors (Lipinski definition) is 5. The number of aromatic nitrogens is 1. The van der Waals surface area contributed by atoms with Gasteiger partial charge in [-0.3, -0.25) is 0 Å². The summed E-state index contributed by atoms with van der Waals surface area (Å²) >= 11 is 0. The molecule has 0 spiro atoms. The molecule has 23 heavy (non-hydrogen) atoms. The molecule has 1 N–H and O–H groups in total. The van der Waals surface area contributed by atoms with Gasteiger partial charge in [-0.2, -0.15) is 5.26 Å². The predicted octanol–water partition coefficient (Wildman–Crippen LogP) is 2.59. The number of nitriles is 1. The summed E-state index contributed by atoms with van der Waals surface area (Å²) in [5.74, 6) is 0.215. The lowest BCUT2D eigenvalue weighted by Gasteiger charge is -2.18. The van der Waals surface area contributed by atoms with Gasteiger partial charge in [0.25, 0.3) is 0 Å². The molecule has 6 nitrogen and oxygen atoms in total. The minimum absolute atomic E-state index is 0.106. The van der Waals surface area contributed by atoms with Crippen molar-refractivity contribution in [2.24, 2.45) is 0 Å². The normalized spacial score (nSPS) is 12.8. The van der Waals surface area contributed by atoms with Crippen LogP contribution in [-0.4, -0.2) is 29.3 Å². The van der Waals surface area contributed by atoms with E-state index < -0.39 is 5.97 Å². The van der Waals surface area contributed by atoms with E-state index in [0.29, 0.717) is 36.0 Å². The Kier molecular flexibility index (Phi) is 3.93.